The Hall–Kier alpha value is -2.22. The van der Waals surface area contributed by atoms with Crippen LogP contribution in [0.3, 0.4) is 0 Å². The van der Waals surface area contributed by atoms with Crippen molar-refractivity contribution >= 4 is 27.5 Å². The van der Waals surface area contributed by atoms with Gasteiger partial charge in [0.05, 0.1) is 16.3 Å². The monoisotopic (exact) mass is 383 g/mol. The molecule has 7 heteroatoms. The van der Waals surface area contributed by atoms with E-state index in [0.29, 0.717) is 6.54 Å². The summed E-state index contributed by atoms with van der Waals surface area (Å²) in [4.78, 5) is 16.8. The van der Waals surface area contributed by atoms with Crippen molar-refractivity contribution < 1.29 is 4.79 Å². The third-order valence-corrected chi connectivity index (χ3v) is 6.02. The SMILES string of the molecule is Cc1nn(-c2ccccc2)c2sc(C(=O)NCCCN3CCNCC3)cc12. The average molecular weight is 384 g/mol. The van der Waals surface area contributed by atoms with Crippen molar-refractivity contribution in [2.75, 3.05) is 39.3 Å². The van der Waals surface area contributed by atoms with Crippen molar-refractivity contribution in [3.63, 3.8) is 0 Å². The van der Waals surface area contributed by atoms with Crippen LogP contribution in [0.2, 0.25) is 0 Å². The number of hydrogen-bond acceptors (Lipinski definition) is 5. The van der Waals surface area contributed by atoms with Crippen LogP contribution < -0.4 is 10.6 Å². The van der Waals surface area contributed by atoms with Crippen molar-refractivity contribution in [3.8, 4) is 5.69 Å². The first kappa shape index (κ1) is 18.2. The summed E-state index contributed by atoms with van der Waals surface area (Å²) in [6, 6.07) is 12.0. The summed E-state index contributed by atoms with van der Waals surface area (Å²) in [5.74, 6) is 0.00974. The van der Waals surface area contributed by atoms with Crippen LogP contribution in [0.5, 0.6) is 0 Å². The highest BCUT2D eigenvalue weighted by Gasteiger charge is 2.17. The minimum atomic E-state index is 0.00974. The minimum Gasteiger partial charge on any atom is -0.351 e. The van der Waals surface area contributed by atoms with Crippen LogP contribution in [0.25, 0.3) is 15.9 Å². The molecule has 1 aliphatic rings. The highest BCUT2D eigenvalue weighted by Crippen LogP contribution is 2.30. The molecule has 0 aliphatic carbocycles. The van der Waals surface area contributed by atoms with Crippen LogP contribution in [-0.2, 0) is 0 Å². The summed E-state index contributed by atoms with van der Waals surface area (Å²) in [7, 11) is 0. The summed E-state index contributed by atoms with van der Waals surface area (Å²) in [5.41, 5.74) is 1.96. The van der Waals surface area contributed by atoms with Gasteiger partial charge in [-0.25, -0.2) is 4.68 Å². The van der Waals surface area contributed by atoms with E-state index >= 15 is 0 Å². The number of piperazine rings is 1. The van der Waals surface area contributed by atoms with Gasteiger partial charge in [-0.3, -0.25) is 4.79 Å². The van der Waals surface area contributed by atoms with Crippen molar-refractivity contribution in [2.24, 2.45) is 0 Å². The number of para-hydroxylation sites is 1. The van der Waals surface area contributed by atoms with E-state index in [0.717, 1.165) is 65.6 Å². The molecule has 6 nitrogen and oxygen atoms in total. The first-order valence-electron chi connectivity index (χ1n) is 9.48. The number of carbonyl (C=O) groups excluding carboxylic acids is 1. The fraction of sp³-hybridized carbons (Fsp3) is 0.400. The molecule has 1 aromatic carbocycles. The second-order valence-corrected chi connectivity index (χ2v) is 7.89. The number of carbonyl (C=O) groups is 1. The number of hydrogen-bond donors (Lipinski definition) is 2. The van der Waals surface area contributed by atoms with Gasteiger partial charge in [0.2, 0.25) is 0 Å². The summed E-state index contributed by atoms with van der Waals surface area (Å²) >= 11 is 1.50. The molecule has 4 rings (SSSR count). The lowest BCUT2D eigenvalue weighted by atomic mass is 10.3. The Bertz CT molecular complexity index is 911. The fourth-order valence-corrected chi connectivity index (χ4v) is 4.53. The van der Waals surface area contributed by atoms with E-state index in [1.165, 1.54) is 11.3 Å². The maximum atomic E-state index is 12.6. The molecule has 0 unspecified atom stereocenters. The van der Waals surface area contributed by atoms with Gasteiger partial charge in [0.1, 0.15) is 4.83 Å². The average Bonchev–Trinajstić information content (AvgIpc) is 3.27. The molecule has 0 radical (unpaired) electrons. The number of nitrogens with zero attached hydrogens (tertiary/aromatic N) is 3. The normalized spacial score (nSPS) is 15.3. The minimum absolute atomic E-state index is 0.00974. The summed E-state index contributed by atoms with van der Waals surface area (Å²) in [5, 5.41) is 12.1. The quantitative estimate of drug-likeness (QED) is 0.642. The predicted molar refractivity (Wildman–Crippen MR) is 110 cm³/mol. The zero-order valence-corrected chi connectivity index (χ0v) is 16.4. The lowest BCUT2D eigenvalue weighted by Gasteiger charge is -2.27. The largest absolute Gasteiger partial charge is 0.351 e. The Morgan fingerprint density at radius 3 is 2.81 bits per heavy atom. The molecule has 1 fully saturated rings. The maximum Gasteiger partial charge on any atom is 0.261 e. The number of amides is 1. The second kappa shape index (κ2) is 8.21. The number of fused-ring (bicyclic) bond motifs is 1. The topological polar surface area (TPSA) is 62.2 Å². The molecule has 3 heterocycles. The Morgan fingerprint density at radius 2 is 2.04 bits per heavy atom. The molecule has 0 spiro atoms. The number of benzene rings is 1. The lowest BCUT2D eigenvalue weighted by Crippen LogP contribution is -2.44. The van der Waals surface area contributed by atoms with E-state index in [9.17, 15) is 4.79 Å². The summed E-state index contributed by atoms with van der Waals surface area (Å²) < 4.78 is 1.93. The molecule has 142 valence electrons. The number of aryl methyl sites for hydroxylation is 1. The number of aromatic nitrogens is 2. The molecule has 0 atom stereocenters. The Morgan fingerprint density at radius 1 is 1.26 bits per heavy atom. The highest BCUT2D eigenvalue weighted by atomic mass is 32.1. The molecule has 2 aromatic heterocycles. The maximum absolute atomic E-state index is 12.6. The van der Waals surface area contributed by atoms with Crippen LogP contribution in [-0.4, -0.2) is 59.9 Å². The van der Waals surface area contributed by atoms with Gasteiger partial charge in [-0.1, -0.05) is 18.2 Å². The third-order valence-electron chi connectivity index (χ3n) is 4.92. The van der Waals surface area contributed by atoms with Crippen LogP contribution in [0.15, 0.2) is 36.4 Å². The Labute approximate surface area is 163 Å². The van der Waals surface area contributed by atoms with Gasteiger partial charge in [-0.05, 0) is 38.1 Å². The Balaban J connectivity index is 1.40. The molecule has 1 amide bonds. The van der Waals surface area contributed by atoms with Crippen molar-refractivity contribution in [1.29, 1.82) is 0 Å². The summed E-state index contributed by atoms with van der Waals surface area (Å²) in [6.45, 7) is 8.05. The highest BCUT2D eigenvalue weighted by molar-refractivity contribution is 7.20. The van der Waals surface area contributed by atoms with E-state index in [1.807, 2.05) is 48.0 Å². The number of thiophene rings is 1. The van der Waals surface area contributed by atoms with Crippen molar-refractivity contribution in [2.45, 2.75) is 13.3 Å². The standard InChI is InChI=1S/C20H25N5OS/c1-15-17-14-18(19(26)22-8-5-11-24-12-9-21-10-13-24)27-20(17)25(23-15)16-6-3-2-4-7-16/h2-4,6-7,14,21H,5,8-13H2,1H3,(H,22,26). The molecular formula is C20H25N5OS. The van der Waals surface area contributed by atoms with E-state index in [1.54, 1.807) is 0 Å². The molecule has 27 heavy (non-hydrogen) atoms. The van der Waals surface area contributed by atoms with Crippen LogP contribution in [0.1, 0.15) is 21.8 Å². The van der Waals surface area contributed by atoms with Crippen LogP contribution >= 0.6 is 11.3 Å². The molecule has 2 N–H and O–H groups in total. The van der Waals surface area contributed by atoms with Gasteiger partial charge in [0, 0.05) is 38.1 Å². The smallest absolute Gasteiger partial charge is 0.261 e. The molecule has 3 aromatic rings. The number of nitrogens with one attached hydrogen (secondary N) is 2. The fourth-order valence-electron chi connectivity index (χ4n) is 3.43. The molecule has 0 bridgehead atoms. The van der Waals surface area contributed by atoms with Gasteiger partial charge in [-0.2, -0.15) is 5.10 Å². The van der Waals surface area contributed by atoms with Gasteiger partial charge in [0.25, 0.3) is 5.91 Å². The van der Waals surface area contributed by atoms with E-state index in [-0.39, 0.29) is 5.91 Å². The van der Waals surface area contributed by atoms with Crippen LogP contribution in [0.4, 0.5) is 0 Å². The second-order valence-electron chi connectivity index (χ2n) is 6.86. The molecular weight excluding hydrogens is 358 g/mol. The van der Waals surface area contributed by atoms with Crippen LogP contribution in [0, 0.1) is 6.92 Å². The lowest BCUT2D eigenvalue weighted by molar-refractivity contribution is 0.0955. The third kappa shape index (κ3) is 4.05. The van der Waals surface area contributed by atoms with E-state index in [4.69, 9.17) is 0 Å². The number of rotatable bonds is 6. The van der Waals surface area contributed by atoms with E-state index < -0.39 is 0 Å². The first-order valence-corrected chi connectivity index (χ1v) is 10.3. The zero-order chi connectivity index (χ0) is 18.6. The Kier molecular flexibility index (Phi) is 5.52. The molecule has 1 aliphatic heterocycles. The van der Waals surface area contributed by atoms with Crippen molar-refractivity contribution in [3.05, 3.63) is 47.0 Å². The molecule has 1 saturated heterocycles. The predicted octanol–water partition coefficient (Wildman–Crippen LogP) is 2.42. The van der Waals surface area contributed by atoms with Gasteiger partial charge in [0.15, 0.2) is 0 Å². The van der Waals surface area contributed by atoms with E-state index in [2.05, 4.69) is 20.6 Å². The van der Waals surface area contributed by atoms with Crippen molar-refractivity contribution in [1.82, 2.24) is 25.3 Å². The first-order chi connectivity index (χ1) is 13.2. The summed E-state index contributed by atoms with van der Waals surface area (Å²) in [6.07, 6.45) is 0.980. The zero-order valence-electron chi connectivity index (χ0n) is 15.6. The van der Waals surface area contributed by atoms with Gasteiger partial charge in [-0.15, -0.1) is 11.3 Å². The van der Waals surface area contributed by atoms with Gasteiger partial charge < -0.3 is 15.5 Å². The molecule has 0 saturated carbocycles. The van der Waals surface area contributed by atoms with Gasteiger partial charge >= 0.3 is 0 Å².